The maximum atomic E-state index is 12.8. The summed E-state index contributed by atoms with van der Waals surface area (Å²) in [4.78, 5) is 1.51. The molecule has 0 spiro atoms. The van der Waals surface area contributed by atoms with Crippen LogP contribution in [0.15, 0.2) is 28.0 Å². The van der Waals surface area contributed by atoms with E-state index in [2.05, 4.69) is 22.8 Å². The number of sulfone groups is 1. The zero-order valence-electron chi connectivity index (χ0n) is 11.9. The Balaban J connectivity index is 2.33. The summed E-state index contributed by atoms with van der Waals surface area (Å²) in [5, 5.41) is 2.94. The molecular weight excluding hydrogens is 337 g/mol. The highest BCUT2D eigenvalue weighted by Gasteiger charge is 2.48. The highest BCUT2D eigenvalue weighted by molar-refractivity contribution is 7.92. The molecule has 4 nitrogen and oxygen atoms in total. The summed E-state index contributed by atoms with van der Waals surface area (Å²) in [6, 6.07) is 3.68. The van der Waals surface area contributed by atoms with Crippen molar-refractivity contribution in [1.29, 1.82) is 0 Å². The Hall–Kier alpha value is -0.930. The molecule has 1 fully saturated rings. The first-order valence-corrected chi connectivity index (χ1v) is 8.64. The normalized spacial score (nSPS) is 18.4. The molecule has 1 saturated heterocycles. The molecule has 2 rings (SSSR count). The summed E-state index contributed by atoms with van der Waals surface area (Å²) in [7, 11) is -3.45. The van der Waals surface area contributed by atoms with Crippen molar-refractivity contribution in [3.8, 4) is 0 Å². The third-order valence-electron chi connectivity index (χ3n) is 3.64. The molecule has 0 unspecified atom stereocenters. The molecule has 0 radical (unpaired) electrons. The number of anilines is 1. The molecule has 0 amide bonds. The molecule has 9 heteroatoms. The van der Waals surface area contributed by atoms with Gasteiger partial charge in [0.05, 0.1) is 5.69 Å². The van der Waals surface area contributed by atoms with Crippen molar-refractivity contribution in [2.45, 2.75) is 34.2 Å². The van der Waals surface area contributed by atoms with Crippen molar-refractivity contribution in [1.82, 2.24) is 4.90 Å². The second-order valence-electron chi connectivity index (χ2n) is 5.35. The largest absolute Gasteiger partial charge is 0.501 e. The van der Waals surface area contributed by atoms with Gasteiger partial charge in [-0.05, 0) is 51.2 Å². The van der Waals surface area contributed by atoms with Crippen LogP contribution in [0.1, 0.15) is 12.8 Å². The molecule has 1 N–H and O–H groups in total. The lowest BCUT2D eigenvalue weighted by molar-refractivity contribution is -0.0435. The van der Waals surface area contributed by atoms with E-state index in [-0.39, 0.29) is 16.6 Å². The third kappa shape index (κ3) is 3.69. The maximum absolute atomic E-state index is 12.8. The molecule has 0 bridgehead atoms. The summed E-state index contributed by atoms with van der Waals surface area (Å²) in [6.45, 7) is 1.62. The first-order chi connectivity index (χ1) is 10.1. The number of nitrogens with zero attached hydrogens (tertiary/aromatic N) is 1. The Kier molecular flexibility index (Phi) is 4.98. The van der Waals surface area contributed by atoms with Gasteiger partial charge < -0.3 is 10.2 Å². The topological polar surface area (TPSA) is 49.4 Å². The fraction of sp³-hybridized carbons (Fsp3) is 0.538. The number of alkyl halides is 3. The van der Waals surface area contributed by atoms with Crippen LogP contribution in [-0.4, -0.2) is 45.0 Å². The van der Waals surface area contributed by atoms with Crippen molar-refractivity contribution in [2.75, 3.05) is 25.5 Å². The van der Waals surface area contributed by atoms with Crippen LogP contribution in [0, 0.1) is 0 Å². The number of hydrogen-bond acceptors (Lipinski definition) is 5. The van der Waals surface area contributed by atoms with Crippen LogP contribution in [-0.2, 0) is 9.84 Å². The lowest BCUT2D eigenvalue weighted by atomic mass is 10.1. The SMILES string of the molecule is CN1CCC(Nc2ccc(S)cc2S(=O)(=O)C(F)(F)F)CC1. The molecule has 0 aliphatic carbocycles. The van der Waals surface area contributed by atoms with Crippen LogP contribution in [0.5, 0.6) is 0 Å². The number of halogens is 3. The average Bonchev–Trinajstić information content (AvgIpc) is 2.42. The van der Waals surface area contributed by atoms with Crippen LogP contribution in [0.4, 0.5) is 18.9 Å². The number of piperidine rings is 1. The van der Waals surface area contributed by atoms with Gasteiger partial charge in [0.15, 0.2) is 0 Å². The molecule has 0 saturated carbocycles. The molecule has 1 aromatic rings. The second kappa shape index (κ2) is 6.29. The van der Waals surface area contributed by atoms with E-state index in [4.69, 9.17) is 0 Å². The van der Waals surface area contributed by atoms with Gasteiger partial charge in [-0.1, -0.05) is 0 Å². The van der Waals surface area contributed by atoms with Gasteiger partial charge in [0, 0.05) is 10.9 Å². The van der Waals surface area contributed by atoms with Crippen LogP contribution >= 0.6 is 12.6 Å². The van der Waals surface area contributed by atoms with Crippen LogP contribution in [0.25, 0.3) is 0 Å². The minimum absolute atomic E-state index is 0.0234. The van der Waals surface area contributed by atoms with Crippen LogP contribution in [0.3, 0.4) is 0 Å². The van der Waals surface area contributed by atoms with Gasteiger partial charge in [0.1, 0.15) is 4.90 Å². The number of nitrogens with one attached hydrogen (secondary N) is 1. The minimum atomic E-state index is -5.41. The molecule has 124 valence electrons. The average molecular weight is 354 g/mol. The first kappa shape index (κ1) is 17.4. The highest BCUT2D eigenvalue weighted by atomic mass is 32.2. The highest BCUT2D eigenvalue weighted by Crippen LogP contribution is 2.36. The Morgan fingerprint density at radius 1 is 1.27 bits per heavy atom. The van der Waals surface area contributed by atoms with E-state index in [1.807, 2.05) is 7.05 Å². The monoisotopic (exact) mass is 354 g/mol. The van der Waals surface area contributed by atoms with Gasteiger partial charge in [-0.15, -0.1) is 12.6 Å². The fourth-order valence-electron chi connectivity index (χ4n) is 2.35. The van der Waals surface area contributed by atoms with Gasteiger partial charge in [-0.25, -0.2) is 8.42 Å². The predicted molar refractivity (Wildman–Crippen MR) is 81.1 cm³/mol. The minimum Gasteiger partial charge on any atom is -0.381 e. The smallest absolute Gasteiger partial charge is 0.381 e. The fourth-order valence-corrected chi connectivity index (χ4v) is 3.59. The van der Waals surface area contributed by atoms with E-state index >= 15 is 0 Å². The third-order valence-corrected chi connectivity index (χ3v) is 5.44. The Morgan fingerprint density at radius 2 is 1.86 bits per heavy atom. The van der Waals surface area contributed by atoms with Crippen LogP contribution < -0.4 is 5.32 Å². The Bertz CT molecular complexity index is 639. The van der Waals surface area contributed by atoms with E-state index in [0.717, 1.165) is 32.0 Å². The molecule has 22 heavy (non-hydrogen) atoms. The summed E-state index contributed by atoms with van der Waals surface area (Å²) >= 11 is 3.94. The molecule has 0 atom stereocenters. The molecule has 0 aromatic heterocycles. The van der Waals surface area contributed by atoms with Crippen molar-refractivity contribution in [2.24, 2.45) is 0 Å². The number of benzene rings is 1. The van der Waals surface area contributed by atoms with Gasteiger partial charge >= 0.3 is 5.51 Å². The van der Waals surface area contributed by atoms with E-state index in [9.17, 15) is 21.6 Å². The standard InChI is InChI=1S/C13H17F3N2O2S2/c1-18-6-4-9(5-7-18)17-11-3-2-10(21)8-12(11)22(19,20)13(14,15)16/h2-3,8-9,17,21H,4-7H2,1H3. The molecule has 1 aliphatic heterocycles. The summed E-state index contributed by atoms with van der Waals surface area (Å²) in [5.41, 5.74) is -5.36. The zero-order valence-corrected chi connectivity index (χ0v) is 13.6. The lowest BCUT2D eigenvalue weighted by Crippen LogP contribution is -2.37. The molecule has 1 aromatic carbocycles. The summed E-state index contributed by atoms with van der Waals surface area (Å²) in [6.07, 6.45) is 1.48. The van der Waals surface area contributed by atoms with E-state index in [1.54, 1.807) is 0 Å². The van der Waals surface area contributed by atoms with Gasteiger partial charge in [0.25, 0.3) is 9.84 Å². The number of rotatable bonds is 3. The number of thiol groups is 1. The first-order valence-electron chi connectivity index (χ1n) is 6.71. The Morgan fingerprint density at radius 3 is 2.41 bits per heavy atom. The Labute approximate surface area is 133 Å². The quantitative estimate of drug-likeness (QED) is 0.820. The summed E-state index contributed by atoms with van der Waals surface area (Å²) in [5.74, 6) is 0. The van der Waals surface area contributed by atoms with Crippen molar-refractivity contribution < 1.29 is 21.6 Å². The maximum Gasteiger partial charge on any atom is 0.501 e. The predicted octanol–water partition coefficient (Wildman–Crippen LogP) is 2.77. The molecule has 1 heterocycles. The van der Waals surface area contributed by atoms with Crippen molar-refractivity contribution >= 4 is 28.2 Å². The second-order valence-corrected chi connectivity index (χ2v) is 7.78. The van der Waals surface area contributed by atoms with Crippen LogP contribution in [0.2, 0.25) is 0 Å². The van der Waals surface area contributed by atoms with Crippen molar-refractivity contribution in [3.05, 3.63) is 18.2 Å². The lowest BCUT2D eigenvalue weighted by Gasteiger charge is -2.30. The molecular formula is C13H17F3N2O2S2. The van der Waals surface area contributed by atoms with Gasteiger partial charge in [0.2, 0.25) is 0 Å². The molecule has 1 aliphatic rings. The van der Waals surface area contributed by atoms with E-state index in [0.29, 0.717) is 0 Å². The zero-order chi connectivity index (χ0) is 16.5. The number of likely N-dealkylation sites (tertiary alicyclic amines) is 1. The summed E-state index contributed by atoms with van der Waals surface area (Å²) < 4.78 is 61.9. The van der Waals surface area contributed by atoms with Gasteiger partial charge in [-0.2, -0.15) is 13.2 Å². The van der Waals surface area contributed by atoms with Gasteiger partial charge in [-0.3, -0.25) is 0 Å². The van der Waals surface area contributed by atoms with Crippen molar-refractivity contribution in [3.63, 3.8) is 0 Å². The van der Waals surface area contributed by atoms with E-state index < -0.39 is 20.2 Å². The number of hydrogen-bond donors (Lipinski definition) is 2. The van der Waals surface area contributed by atoms with E-state index in [1.165, 1.54) is 12.1 Å².